The summed E-state index contributed by atoms with van der Waals surface area (Å²) >= 11 is 1.90. The molecule has 4 nitrogen and oxygen atoms in total. The molecular weight excluding hydrogens is 392 g/mol. The van der Waals surface area contributed by atoms with Crippen molar-refractivity contribution in [3.05, 3.63) is 28.5 Å². The first kappa shape index (κ1) is 25.0. The molecule has 0 aliphatic rings. The van der Waals surface area contributed by atoms with Crippen molar-refractivity contribution in [3.8, 4) is 0 Å². The van der Waals surface area contributed by atoms with Crippen LogP contribution in [0.3, 0.4) is 0 Å². The molecule has 0 saturated carbocycles. The Labute approximate surface area is 187 Å². The van der Waals surface area contributed by atoms with Gasteiger partial charge in [-0.2, -0.15) is 16.7 Å². The van der Waals surface area contributed by atoms with E-state index in [1.165, 1.54) is 83.5 Å². The topological polar surface area (TPSA) is 48.0 Å². The van der Waals surface area contributed by atoms with E-state index < -0.39 is 0 Å². The minimum atomic E-state index is -0.188. The number of thioether (sulfide) groups is 1. The number of furan rings is 1. The highest BCUT2D eigenvalue weighted by Gasteiger charge is 2.08. The maximum absolute atomic E-state index is 12.3. The van der Waals surface area contributed by atoms with Crippen molar-refractivity contribution < 1.29 is 4.42 Å². The highest BCUT2D eigenvalue weighted by Crippen LogP contribution is 2.21. The Kier molecular flexibility index (Phi) is 13.0. The van der Waals surface area contributed by atoms with E-state index in [1.54, 1.807) is 4.57 Å². The first-order valence-electron chi connectivity index (χ1n) is 12.3. The Morgan fingerprint density at radius 2 is 1.47 bits per heavy atom. The van der Waals surface area contributed by atoms with Gasteiger partial charge >= 0.3 is 5.69 Å². The van der Waals surface area contributed by atoms with Crippen LogP contribution in [0.1, 0.15) is 109 Å². The summed E-state index contributed by atoms with van der Waals surface area (Å²) in [5.41, 5.74) is 0.299. The van der Waals surface area contributed by atoms with E-state index in [2.05, 4.69) is 24.9 Å². The fraction of sp³-hybridized carbons (Fsp3) is 0.760. The number of nitrogens with zero attached hydrogens (tertiary/aromatic N) is 2. The first-order chi connectivity index (χ1) is 14.7. The van der Waals surface area contributed by atoms with Crippen LogP contribution in [0.4, 0.5) is 0 Å². The lowest BCUT2D eigenvalue weighted by Gasteiger charge is -2.05. The van der Waals surface area contributed by atoms with Crippen LogP contribution in [-0.4, -0.2) is 15.3 Å². The van der Waals surface area contributed by atoms with Crippen LogP contribution in [0.15, 0.2) is 21.5 Å². The Morgan fingerprint density at radius 1 is 0.867 bits per heavy atom. The number of fused-ring (bicyclic) bond motifs is 1. The van der Waals surface area contributed by atoms with E-state index in [-0.39, 0.29) is 5.69 Å². The summed E-state index contributed by atoms with van der Waals surface area (Å²) in [7, 11) is 0. The SMILES string of the molecule is CCCCCCCCCCCCn1cc2cc(CSCCCCCC)oc2nc1=O. The molecular formula is C25H42N2O2S. The molecule has 170 valence electrons. The molecule has 30 heavy (non-hydrogen) atoms. The number of hydrogen-bond acceptors (Lipinski definition) is 4. The number of hydrogen-bond donors (Lipinski definition) is 0. The highest BCUT2D eigenvalue weighted by atomic mass is 32.2. The summed E-state index contributed by atoms with van der Waals surface area (Å²) in [6.07, 6.45) is 20.1. The lowest BCUT2D eigenvalue weighted by atomic mass is 10.1. The molecule has 0 aliphatic heterocycles. The zero-order valence-corrected chi connectivity index (χ0v) is 20.1. The van der Waals surface area contributed by atoms with Gasteiger partial charge in [-0.05, 0) is 24.7 Å². The van der Waals surface area contributed by atoms with Crippen molar-refractivity contribution in [1.82, 2.24) is 9.55 Å². The molecule has 0 unspecified atom stereocenters. The molecule has 2 aromatic heterocycles. The zero-order valence-electron chi connectivity index (χ0n) is 19.3. The van der Waals surface area contributed by atoms with Gasteiger partial charge in [-0.15, -0.1) is 0 Å². The van der Waals surface area contributed by atoms with Crippen LogP contribution in [0.2, 0.25) is 0 Å². The minimum Gasteiger partial charge on any atom is -0.442 e. The van der Waals surface area contributed by atoms with E-state index in [9.17, 15) is 4.79 Å². The molecule has 2 heterocycles. The Hall–Kier alpha value is -1.23. The lowest BCUT2D eigenvalue weighted by Crippen LogP contribution is -2.22. The van der Waals surface area contributed by atoms with Gasteiger partial charge < -0.3 is 4.42 Å². The highest BCUT2D eigenvalue weighted by molar-refractivity contribution is 7.98. The monoisotopic (exact) mass is 434 g/mol. The number of unbranched alkanes of at least 4 members (excludes halogenated alkanes) is 12. The van der Waals surface area contributed by atoms with E-state index in [0.29, 0.717) is 5.71 Å². The smallest absolute Gasteiger partial charge is 0.350 e. The van der Waals surface area contributed by atoms with Gasteiger partial charge in [0.2, 0.25) is 5.71 Å². The second-order valence-electron chi connectivity index (χ2n) is 8.49. The summed E-state index contributed by atoms with van der Waals surface area (Å²) in [5.74, 6) is 2.94. The second kappa shape index (κ2) is 15.6. The van der Waals surface area contributed by atoms with Gasteiger partial charge in [0.1, 0.15) is 5.76 Å². The predicted molar refractivity (Wildman–Crippen MR) is 130 cm³/mol. The maximum atomic E-state index is 12.3. The fourth-order valence-electron chi connectivity index (χ4n) is 3.81. The lowest BCUT2D eigenvalue weighted by molar-refractivity contribution is 0.523. The largest absolute Gasteiger partial charge is 0.442 e. The summed E-state index contributed by atoms with van der Waals surface area (Å²) in [4.78, 5) is 16.4. The molecule has 0 amide bonds. The number of aryl methyl sites for hydroxylation is 1. The van der Waals surface area contributed by atoms with E-state index >= 15 is 0 Å². The molecule has 0 saturated heterocycles. The van der Waals surface area contributed by atoms with E-state index in [0.717, 1.165) is 35.6 Å². The molecule has 2 rings (SSSR count). The van der Waals surface area contributed by atoms with Crippen LogP contribution < -0.4 is 5.69 Å². The third kappa shape index (κ3) is 9.72. The van der Waals surface area contributed by atoms with Crippen LogP contribution in [0.25, 0.3) is 11.1 Å². The molecule has 0 aromatic carbocycles. The molecule has 0 aliphatic carbocycles. The van der Waals surface area contributed by atoms with Crippen molar-refractivity contribution in [2.24, 2.45) is 0 Å². The normalized spacial score (nSPS) is 11.5. The predicted octanol–water partition coefficient (Wildman–Crippen LogP) is 7.72. The fourth-order valence-corrected chi connectivity index (χ4v) is 4.70. The molecule has 2 aromatic rings. The second-order valence-corrected chi connectivity index (χ2v) is 9.59. The maximum Gasteiger partial charge on any atom is 0.350 e. The van der Waals surface area contributed by atoms with E-state index in [1.807, 2.05) is 18.0 Å². The number of aromatic nitrogens is 2. The van der Waals surface area contributed by atoms with Gasteiger partial charge in [-0.25, -0.2) is 4.79 Å². The van der Waals surface area contributed by atoms with Crippen molar-refractivity contribution >= 4 is 22.9 Å². The Balaban J connectivity index is 1.67. The molecule has 0 bridgehead atoms. The van der Waals surface area contributed by atoms with Crippen LogP contribution in [0.5, 0.6) is 0 Å². The summed E-state index contributed by atoms with van der Waals surface area (Å²) in [5, 5.41) is 0.947. The molecule has 0 atom stereocenters. The third-order valence-corrected chi connectivity index (χ3v) is 6.73. The van der Waals surface area contributed by atoms with Crippen molar-refractivity contribution in [3.63, 3.8) is 0 Å². The van der Waals surface area contributed by atoms with Crippen LogP contribution in [0, 0.1) is 0 Å². The van der Waals surface area contributed by atoms with Crippen molar-refractivity contribution in [2.75, 3.05) is 5.75 Å². The quantitative estimate of drug-likeness (QED) is 0.225. The van der Waals surface area contributed by atoms with Gasteiger partial charge in [0.25, 0.3) is 0 Å². The number of rotatable bonds is 18. The van der Waals surface area contributed by atoms with E-state index in [4.69, 9.17) is 4.42 Å². The summed E-state index contributed by atoms with van der Waals surface area (Å²) in [6.45, 7) is 5.26. The molecule has 5 heteroatoms. The van der Waals surface area contributed by atoms with Gasteiger partial charge in [0.15, 0.2) is 0 Å². The van der Waals surface area contributed by atoms with Crippen LogP contribution in [-0.2, 0) is 12.3 Å². The van der Waals surface area contributed by atoms with Crippen molar-refractivity contribution in [2.45, 2.75) is 116 Å². The standard InChI is InChI=1S/C25H42N2O2S/c1-3-5-7-9-10-11-12-13-14-15-17-27-20-22-19-23(29-24(22)26-25(27)28)21-30-18-16-8-6-4-2/h19-20H,3-18,21H2,1-2H3. The van der Waals surface area contributed by atoms with Gasteiger partial charge in [-0.1, -0.05) is 90.9 Å². The first-order valence-corrected chi connectivity index (χ1v) is 13.5. The summed E-state index contributed by atoms with van der Waals surface area (Å²) < 4.78 is 7.55. The minimum absolute atomic E-state index is 0.188. The van der Waals surface area contributed by atoms with Gasteiger partial charge in [0.05, 0.1) is 11.1 Å². The molecule has 0 N–H and O–H groups in total. The molecule has 0 fully saturated rings. The molecule has 0 radical (unpaired) electrons. The van der Waals surface area contributed by atoms with Gasteiger partial charge in [0, 0.05) is 12.7 Å². The average molecular weight is 435 g/mol. The van der Waals surface area contributed by atoms with Crippen molar-refractivity contribution in [1.29, 1.82) is 0 Å². The average Bonchev–Trinajstić information content (AvgIpc) is 3.13. The summed E-state index contributed by atoms with van der Waals surface area (Å²) in [6, 6.07) is 2.05. The van der Waals surface area contributed by atoms with Crippen LogP contribution >= 0.6 is 11.8 Å². The third-order valence-electron chi connectivity index (χ3n) is 5.67. The molecule has 0 spiro atoms. The zero-order chi connectivity index (χ0) is 21.4. The Bertz CT molecular complexity index is 753. The van der Waals surface area contributed by atoms with Gasteiger partial charge in [-0.3, -0.25) is 4.57 Å². The Morgan fingerprint density at radius 3 is 2.13 bits per heavy atom.